The fraction of sp³-hybridized carbons (Fsp3) is 0.611. The molecule has 4 aliphatic rings. The van der Waals surface area contributed by atoms with Crippen LogP contribution in [0.5, 0.6) is 0 Å². The summed E-state index contributed by atoms with van der Waals surface area (Å²) in [5, 5.41) is 18.9. The Labute approximate surface area is 297 Å². The van der Waals surface area contributed by atoms with E-state index in [1.54, 1.807) is 24.3 Å². The molecule has 0 unspecified atom stereocenters. The molecule has 276 valence electrons. The highest BCUT2D eigenvalue weighted by molar-refractivity contribution is 7.89. The molecule has 0 bridgehead atoms. The Morgan fingerprint density at radius 1 is 0.520 bits per heavy atom. The third-order valence-corrected chi connectivity index (χ3v) is 14.7. The molecule has 2 aliphatic heterocycles. The van der Waals surface area contributed by atoms with Crippen LogP contribution in [0.15, 0.2) is 58.3 Å². The van der Waals surface area contributed by atoms with E-state index < -0.39 is 32.0 Å². The lowest BCUT2D eigenvalue weighted by Gasteiger charge is -2.42. The molecular weight excluding hydrogens is 681 g/mol. The van der Waals surface area contributed by atoms with Gasteiger partial charge in [-0.2, -0.15) is 8.61 Å². The number of rotatable bonds is 8. The molecule has 6 rings (SSSR count). The molecule has 50 heavy (non-hydrogen) atoms. The average molecular weight is 733 g/mol. The van der Waals surface area contributed by atoms with E-state index in [2.05, 4.69) is 9.80 Å². The summed E-state index contributed by atoms with van der Waals surface area (Å²) >= 11 is 0. The molecule has 2 N–H and O–H groups in total. The van der Waals surface area contributed by atoms with Gasteiger partial charge >= 0.3 is 11.9 Å². The first-order valence-electron chi connectivity index (χ1n) is 17.9. The lowest BCUT2D eigenvalue weighted by molar-refractivity contribution is -0.147. The minimum atomic E-state index is -3.47. The summed E-state index contributed by atoms with van der Waals surface area (Å²) in [5.41, 5.74) is 2.06. The van der Waals surface area contributed by atoms with Gasteiger partial charge in [0.05, 0.1) is 21.6 Å². The van der Waals surface area contributed by atoms with Crippen molar-refractivity contribution in [2.45, 2.75) is 87.1 Å². The van der Waals surface area contributed by atoms with Crippen LogP contribution in [0, 0.1) is 25.7 Å². The summed E-state index contributed by atoms with van der Waals surface area (Å²) in [6, 6.07) is 13.9. The smallest absolute Gasteiger partial charge is 0.308 e. The Morgan fingerprint density at radius 2 is 0.820 bits per heavy atom. The van der Waals surface area contributed by atoms with Crippen molar-refractivity contribution >= 4 is 32.0 Å². The van der Waals surface area contributed by atoms with Crippen molar-refractivity contribution in [3.63, 3.8) is 0 Å². The number of piperazine rings is 2. The topological polar surface area (TPSA) is 156 Å². The van der Waals surface area contributed by atoms with E-state index >= 15 is 0 Å². The van der Waals surface area contributed by atoms with Crippen molar-refractivity contribution in [2.75, 3.05) is 52.4 Å². The number of benzene rings is 2. The van der Waals surface area contributed by atoms with Gasteiger partial charge in [0, 0.05) is 64.4 Å². The van der Waals surface area contributed by atoms with Crippen LogP contribution >= 0.6 is 0 Å². The van der Waals surface area contributed by atoms with Crippen molar-refractivity contribution in [3.8, 4) is 0 Å². The van der Waals surface area contributed by atoms with E-state index in [9.17, 15) is 36.6 Å². The zero-order valence-electron chi connectivity index (χ0n) is 29.2. The standard InChI is InChI=1S/2C18H26N2O4S/c2*1-14-6-8-15(9-7-14)25(23,24)20-12-10-19(11-13-20)17-5-3-2-4-16(17)18(21)22/h2*6-9,16-17H,2-5,10-13H2,1H3,(H,21,22)/t2*16-,17-/m10/s1. The Balaban J connectivity index is 0.000000194. The number of aliphatic carboxylic acids is 2. The maximum atomic E-state index is 12.8. The van der Waals surface area contributed by atoms with Crippen LogP contribution in [0.2, 0.25) is 0 Å². The van der Waals surface area contributed by atoms with Gasteiger partial charge in [-0.25, -0.2) is 16.8 Å². The van der Waals surface area contributed by atoms with Crippen LogP contribution < -0.4 is 0 Å². The van der Waals surface area contributed by atoms with Crippen molar-refractivity contribution in [1.29, 1.82) is 0 Å². The van der Waals surface area contributed by atoms with Crippen LogP contribution in [0.3, 0.4) is 0 Å². The zero-order valence-corrected chi connectivity index (χ0v) is 30.8. The molecule has 2 saturated heterocycles. The van der Waals surface area contributed by atoms with Crippen molar-refractivity contribution in [2.24, 2.45) is 11.8 Å². The van der Waals surface area contributed by atoms with Crippen molar-refractivity contribution < 1.29 is 36.6 Å². The van der Waals surface area contributed by atoms with Gasteiger partial charge < -0.3 is 10.2 Å². The van der Waals surface area contributed by atoms with Gasteiger partial charge in [-0.3, -0.25) is 19.4 Å². The molecule has 2 aromatic rings. The highest BCUT2D eigenvalue weighted by Gasteiger charge is 2.39. The Hall–Kier alpha value is -2.88. The number of hydrogen-bond donors (Lipinski definition) is 2. The van der Waals surface area contributed by atoms with E-state index in [4.69, 9.17) is 0 Å². The fourth-order valence-electron chi connectivity index (χ4n) is 7.94. The molecule has 14 heteroatoms. The first-order chi connectivity index (χ1) is 23.8. The van der Waals surface area contributed by atoms with Gasteiger partial charge in [0.2, 0.25) is 20.0 Å². The Bertz CT molecular complexity index is 1540. The molecule has 4 fully saturated rings. The zero-order chi connectivity index (χ0) is 36.1. The number of sulfonamides is 2. The average Bonchev–Trinajstić information content (AvgIpc) is 3.12. The number of carbonyl (C=O) groups is 2. The molecule has 4 atom stereocenters. The number of hydrogen-bond acceptors (Lipinski definition) is 8. The van der Waals surface area contributed by atoms with Crippen LogP contribution in [0.1, 0.15) is 62.5 Å². The predicted octanol–water partition coefficient (Wildman–Crippen LogP) is 3.89. The highest BCUT2D eigenvalue weighted by Crippen LogP contribution is 2.32. The van der Waals surface area contributed by atoms with Gasteiger partial charge in [-0.05, 0) is 63.8 Å². The van der Waals surface area contributed by atoms with Crippen LogP contribution in [0.4, 0.5) is 0 Å². The van der Waals surface area contributed by atoms with Crippen molar-refractivity contribution in [1.82, 2.24) is 18.4 Å². The molecule has 2 saturated carbocycles. The number of carboxylic acid groups (broad SMARTS) is 2. The van der Waals surface area contributed by atoms with Crippen LogP contribution in [0.25, 0.3) is 0 Å². The first kappa shape index (κ1) is 38.4. The lowest BCUT2D eigenvalue weighted by Crippen LogP contribution is -2.55. The number of aryl methyl sites for hydroxylation is 2. The molecule has 0 aromatic heterocycles. The summed E-state index contributed by atoms with van der Waals surface area (Å²) in [6.45, 7) is 7.91. The van der Waals surface area contributed by atoms with E-state index in [0.29, 0.717) is 62.1 Å². The second kappa shape index (κ2) is 16.6. The summed E-state index contributed by atoms with van der Waals surface area (Å²) in [7, 11) is -6.94. The molecule has 2 heterocycles. The Kier molecular flexibility index (Phi) is 12.8. The SMILES string of the molecule is Cc1ccc(S(=O)(=O)N2CCN([C@@H]3CCCC[C@H]3C(=O)O)CC2)cc1.Cc1ccc(S(=O)(=O)N2CCN([C@H]3CCCC[C@@H]3C(=O)O)CC2)cc1. The van der Waals surface area contributed by atoms with Gasteiger partial charge in [-0.15, -0.1) is 0 Å². The molecular formula is C36H52N4O8S2. The third kappa shape index (κ3) is 8.94. The summed E-state index contributed by atoms with van der Waals surface area (Å²) in [4.78, 5) is 28.0. The number of carboxylic acids is 2. The molecule has 2 aliphatic carbocycles. The highest BCUT2D eigenvalue weighted by atomic mass is 32.2. The molecule has 2 aromatic carbocycles. The first-order valence-corrected chi connectivity index (χ1v) is 20.7. The predicted molar refractivity (Wildman–Crippen MR) is 190 cm³/mol. The lowest BCUT2D eigenvalue weighted by atomic mass is 9.83. The van der Waals surface area contributed by atoms with Crippen molar-refractivity contribution in [3.05, 3.63) is 59.7 Å². The minimum Gasteiger partial charge on any atom is -0.481 e. The molecule has 12 nitrogen and oxygen atoms in total. The summed E-state index contributed by atoms with van der Waals surface area (Å²) in [5.74, 6) is -2.10. The van der Waals surface area contributed by atoms with E-state index in [1.807, 2.05) is 38.1 Å². The van der Waals surface area contributed by atoms with Crippen LogP contribution in [-0.2, 0) is 29.6 Å². The summed E-state index contributed by atoms with van der Waals surface area (Å²) < 4.78 is 54.1. The van der Waals surface area contributed by atoms with Gasteiger partial charge in [-0.1, -0.05) is 61.1 Å². The van der Waals surface area contributed by atoms with Gasteiger partial charge in [0.25, 0.3) is 0 Å². The summed E-state index contributed by atoms with van der Waals surface area (Å²) in [6.07, 6.45) is 7.27. The van der Waals surface area contributed by atoms with Crippen LogP contribution in [-0.4, -0.2) is 122 Å². The normalized spacial score (nSPS) is 26.4. The third-order valence-electron chi connectivity index (χ3n) is 10.9. The second-order valence-electron chi connectivity index (χ2n) is 14.1. The maximum Gasteiger partial charge on any atom is 0.308 e. The second-order valence-corrected chi connectivity index (χ2v) is 18.0. The monoisotopic (exact) mass is 732 g/mol. The van der Waals surface area contributed by atoms with E-state index in [-0.39, 0.29) is 23.9 Å². The quantitative estimate of drug-likeness (QED) is 0.409. The van der Waals surface area contributed by atoms with E-state index in [0.717, 1.165) is 62.5 Å². The Morgan fingerprint density at radius 3 is 1.12 bits per heavy atom. The van der Waals surface area contributed by atoms with Gasteiger partial charge in [0.1, 0.15) is 0 Å². The van der Waals surface area contributed by atoms with E-state index in [1.165, 1.54) is 8.61 Å². The van der Waals surface area contributed by atoms with Gasteiger partial charge in [0.15, 0.2) is 0 Å². The molecule has 0 radical (unpaired) electrons. The fourth-order valence-corrected chi connectivity index (χ4v) is 10.8. The minimum absolute atomic E-state index is 0.0375. The largest absolute Gasteiger partial charge is 0.481 e. The molecule has 0 amide bonds. The maximum absolute atomic E-state index is 12.8. The molecule has 0 spiro atoms. The number of nitrogens with zero attached hydrogens (tertiary/aromatic N) is 4.